The van der Waals surface area contributed by atoms with E-state index in [2.05, 4.69) is 10.2 Å². The maximum atomic E-state index is 12.4. The molecule has 1 aromatic carbocycles. The molecule has 0 aromatic heterocycles. The van der Waals surface area contributed by atoms with Gasteiger partial charge in [-0.3, -0.25) is 14.9 Å². The van der Waals surface area contributed by atoms with Crippen molar-refractivity contribution in [3.8, 4) is 0 Å². The number of urea groups is 1. The molecule has 2 rings (SSSR count). The molecule has 1 aliphatic rings. The number of amides is 4. The SMILES string of the molecule is CN1CCN(C(=O)c2ccc(NC(=O)NC=O)cc2Cl)CC1. The van der Waals surface area contributed by atoms with Gasteiger partial charge < -0.3 is 15.1 Å². The highest BCUT2D eigenvalue weighted by Gasteiger charge is 2.22. The van der Waals surface area contributed by atoms with Crippen LogP contribution in [0.25, 0.3) is 0 Å². The van der Waals surface area contributed by atoms with Crippen LogP contribution in [0.1, 0.15) is 10.4 Å². The van der Waals surface area contributed by atoms with Gasteiger partial charge in [0.25, 0.3) is 5.91 Å². The van der Waals surface area contributed by atoms with Crippen molar-refractivity contribution < 1.29 is 14.4 Å². The fourth-order valence-corrected chi connectivity index (χ4v) is 2.43. The van der Waals surface area contributed by atoms with E-state index in [-0.39, 0.29) is 17.3 Å². The van der Waals surface area contributed by atoms with Crippen molar-refractivity contribution in [3.63, 3.8) is 0 Å². The third kappa shape index (κ3) is 3.96. The Hall–Kier alpha value is -2.12. The minimum absolute atomic E-state index is 0.123. The summed E-state index contributed by atoms with van der Waals surface area (Å²) in [6.45, 7) is 2.98. The topological polar surface area (TPSA) is 81.8 Å². The van der Waals surface area contributed by atoms with Crippen LogP contribution in [0.2, 0.25) is 5.02 Å². The zero-order chi connectivity index (χ0) is 16.1. The summed E-state index contributed by atoms with van der Waals surface area (Å²) in [4.78, 5) is 37.8. The highest BCUT2D eigenvalue weighted by molar-refractivity contribution is 6.34. The van der Waals surface area contributed by atoms with Crippen molar-refractivity contribution in [1.29, 1.82) is 0 Å². The average molecular weight is 325 g/mol. The number of halogens is 1. The number of hydrogen-bond donors (Lipinski definition) is 2. The van der Waals surface area contributed by atoms with Crippen LogP contribution in [-0.4, -0.2) is 61.4 Å². The molecule has 0 radical (unpaired) electrons. The van der Waals surface area contributed by atoms with E-state index >= 15 is 0 Å². The number of carbonyl (C=O) groups excluding carboxylic acids is 3. The molecule has 4 amide bonds. The molecule has 1 heterocycles. The second-order valence-corrected chi connectivity index (χ2v) is 5.41. The zero-order valence-corrected chi connectivity index (χ0v) is 12.9. The monoisotopic (exact) mass is 324 g/mol. The third-order valence-corrected chi connectivity index (χ3v) is 3.75. The van der Waals surface area contributed by atoms with E-state index < -0.39 is 6.03 Å². The van der Waals surface area contributed by atoms with Crippen LogP contribution in [0.3, 0.4) is 0 Å². The van der Waals surface area contributed by atoms with Gasteiger partial charge in [-0.2, -0.15) is 0 Å². The van der Waals surface area contributed by atoms with E-state index in [9.17, 15) is 14.4 Å². The van der Waals surface area contributed by atoms with Gasteiger partial charge in [-0.05, 0) is 25.2 Å². The van der Waals surface area contributed by atoms with Gasteiger partial charge in [-0.25, -0.2) is 4.79 Å². The first kappa shape index (κ1) is 16.3. The summed E-state index contributed by atoms with van der Waals surface area (Å²) in [5, 5.41) is 4.65. The molecule has 1 aromatic rings. The normalized spacial score (nSPS) is 15.3. The summed E-state index contributed by atoms with van der Waals surface area (Å²) in [6, 6.07) is 3.96. The second-order valence-electron chi connectivity index (χ2n) is 5.01. The lowest BCUT2D eigenvalue weighted by atomic mass is 10.1. The summed E-state index contributed by atoms with van der Waals surface area (Å²) >= 11 is 6.13. The molecule has 0 bridgehead atoms. The van der Waals surface area contributed by atoms with Crippen LogP contribution >= 0.6 is 11.6 Å². The number of carbonyl (C=O) groups is 3. The molecule has 1 saturated heterocycles. The minimum atomic E-state index is -0.663. The molecule has 8 heteroatoms. The van der Waals surface area contributed by atoms with E-state index in [1.165, 1.54) is 6.07 Å². The van der Waals surface area contributed by atoms with Crippen LogP contribution in [0, 0.1) is 0 Å². The number of likely N-dealkylation sites (N-methyl/N-ethyl adjacent to an activating group) is 1. The van der Waals surface area contributed by atoms with Crippen molar-refractivity contribution in [2.45, 2.75) is 0 Å². The molecule has 0 spiro atoms. The van der Waals surface area contributed by atoms with E-state index in [1.807, 2.05) is 12.4 Å². The van der Waals surface area contributed by atoms with Gasteiger partial charge in [0.05, 0.1) is 10.6 Å². The average Bonchev–Trinajstić information content (AvgIpc) is 2.47. The molecule has 0 aliphatic carbocycles. The fourth-order valence-electron chi connectivity index (χ4n) is 2.17. The first-order chi connectivity index (χ1) is 10.5. The van der Waals surface area contributed by atoms with Crippen molar-refractivity contribution >= 4 is 35.6 Å². The third-order valence-electron chi connectivity index (χ3n) is 3.44. The Morgan fingerprint density at radius 1 is 1.23 bits per heavy atom. The molecular formula is C14H17ClN4O3. The molecule has 22 heavy (non-hydrogen) atoms. The Kier molecular flexibility index (Phi) is 5.35. The summed E-state index contributed by atoms with van der Waals surface area (Å²) in [6.07, 6.45) is 0.280. The molecule has 0 atom stereocenters. The Morgan fingerprint density at radius 3 is 2.50 bits per heavy atom. The van der Waals surface area contributed by atoms with Crippen LogP contribution in [0.4, 0.5) is 10.5 Å². The van der Waals surface area contributed by atoms with E-state index in [0.29, 0.717) is 24.3 Å². The molecule has 118 valence electrons. The molecule has 1 fully saturated rings. The fraction of sp³-hybridized carbons (Fsp3) is 0.357. The van der Waals surface area contributed by atoms with Crippen LogP contribution < -0.4 is 10.6 Å². The molecule has 1 aliphatic heterocycles. The number of imide groups is 1. The summed E-state index contributed by atoms with van der Waals surface area (Å²) in [7, 11) is 2.01. The van der Waals surface area contributed by atoms with Gasteiger partial charge in [0, 0.05) is 31.9 Å². The lowest BCUT2D eigenvalue weighted by Crippen LogP contribution is -2.47. The maximum absolute atomic E-state index is 12.4. The van der Waals surface area contributed by atoms with Gasteiger partial charge in [-0.15, -0.1) is 0 Å². The van der Waals surface area contributed by atoms with Crippen LogP contribution in [-0.2, 0) is 4.79 Å². The Balaban J connectivity index is 2.07. The second kappa shape index (κ2) is 7.24. The number of rotatable bonds is 3. The van der Waals surface area contributed by atoms with Crippen molar-refractivity contribution in [2.24, 2.45) is 0 Å². The summed E-state index contributed by atoms with van der Waals surface area (Å²) in [5.74, 6) is -0.123. The molecule has 0 saturated carbocycles. The summed E-state index contributed by atoms with van der Waals surface area (Å²) in [5.41, 5.74) is 0.798. The Labute approximate surface area is 133 Å². The van der Waals surface area contributed by atoms with Crippen molar-refractivity contribution in [1.82, 2.24) is 15.1 Å². The lowest BCUT2D eigenvalue weighted by molar-refractivity contribution is -0.108. The standard InChI is InChI=1S/C14H17ClN4O3/c1-18-4-6-19(7-5-18)13(21)11-3-2-10(8-12(11)15)17-14(22)16-9-20/h2-3,8-9H,4-7H2,1H3,(H2,16,17,20,22). The molecular weight excluding hydrogens is 308 g/mol. The van der Waals surface area contributed by atoms with E-state index in [0.717, 1.165) is 13.1 Å². The number of nitrogens with one attached hydrogen (secondary N) is 2. The van der Waals surface area contributed by atoms with Gasteiger partial charge >= 0.3 is 6.03 Å². The van der Waals surface area contributed by atoms with Gasteiger partial charge in [0.15, 0.2) is 0 Å². The number of anilines is 1. The first-order valence-electron chi connectivity index (χ1n) is 6.80. The van der Waals surface area contributed by atoms with Crippen LogP contribution in [0.15, 0.2) is 18.2 Å². The van der Waals surface area contributed by atoms with Crippen molar-refractivity contribution in [3.05, 3.63) is 28.8 Å². The molecule has 7 nitrogen and oxygen atoms in total. The maximum Gasteiger partial charge on any atom is 0.325 e. The highest BCUT2D eigenvalue weighted by atomic mass is 35.5. The van der Waals surface area contributed by atoms with Crippen molar-refractivity contribution in [2.75, 3.05) is 38.5 Å². The lowest BCUT2D eigenvalue weighted by Gasteiger charge is -2.32. The minimum Gasteiger partial charge on any atom is -0.336 e. The van der Waals surface area contributed by atoms with E-state index in [4.69, 9.17) is 11.6 Å². The number of nitrogens with zero attached hydrogens (tertiary/aromatic N) is 2. The quantitative estimate of drug-likeness (QED) is 0.813. The number of piperazine rings is 1. The van der Waals surface area contributed by atoms with Gasteiger partial charge in [-0.1, -0.05) is 11.6 Å². The molecule has 2 N–H and O–H groups in total. The zero-order valence-electron chi connectivity index (χ0n) is 12.1. The summed E-state index contributed by atoms with van der Waals surface area (Å²) < 4.78 is 0. The highest BCUT2D eigenvalue weighted by Crippen LogP contribution is 2.23. The predicted molar refractivity (Wildman–Crippen MR) is 83.1 cm³/mol. The first-order valence-corrected chi connectivity index (χ1v) is 7.17. The Bertz CT molecular complexity index is 585. The largest absolute Gasteiger partial charge is 0.336 e. The van der Waals surface area contributed by atoms with Gasteiger partial charge in [0.1, 0.15) is 0 Å². The number of hydrogen-bond acceptors (Lipinski definition) is 4. The smallest absolute Gasteiger partial charge is 0.325 e. The van der Waals surface area contributed by atoms with E-state index in [1.54, 1.807) is 17.0 Å². The van der Waals surface area contributed by atoms with Gasteiger partial charge in [0.2, 0.25) is 6.41 Å². The Morgan fingerprint density at radius 2 is 1.91 bits per heavy atom. The number of benzene rings is 1. The molecule has 0 unspecified atom stereocenters. The predicted octanol–water partition coefficient (Wildman–Crippen LogP) is 1.01. The van der Waals surface area contributed by atoms with Crippen LogP contribution in [0.5, 0.6) is 0 Å².